The minimum absolute atomic E-state index is 0.256. The van der Waals surface area contributed by atoms with Crippen molar-refractivity contribution in [1.29, 1.82) is 0 Å². The molecule has 37 heavy (non-hydrogen) atoms. The number of pyridine rings is 2. The molecule has 4 aromatic rings. The molecule has 0 saturated heterocycles. The van der Waals surface area contributed by atoms with Gasteiger partial charge in [-0.15, -0.1) is 10.2 Å². The number of H-pyrrole nitrogens is 1. The van der Waals surface area contributed by atoms with Crippen molar-refractivity contribution in [3.63, 3.8) is 0 Å². The van der Waals surface area contributed by atoms with Gasteiger partial charge >= 0.3 is 0 Å². The summed E-state index contributed by atoms with van der Waals surface area (Å²) in [7, 11) is 1.96. The Bertz CT molecular complexity index is 1450. The van der Waals surface area contributed by atoms with Crippen molar-refractivity contribution < 1.29 is 4.79 Å². The highest BCUT2D eigenvalue weighted by atomic mass is 35.5. The highest BCUT2D eigenvalue weighted by Gasteiger charge is 2.48. The van der Waals surface area contributed by atoms with Crippen LogP contribution in [-0.2, 0) is 19.0 Å². The van der Waals surface area contributed by atoms with Crippen LogP contribution in [-0.4, -0.2) is 42.2 Å². The summed E-state index contributed by atoms with van der Waals surface area (Å²) in [5, 5.41) is 15.6. The maximum atomic E-state index is 13.4. The number of carbonyl (C=O) groups is 1. The largest absolute Gasteiger partial charge is 0.358 e. The number of carbonyl (C=O) groups excluding carboxylic acids is 1. The van der Waals surface area contributed by atoms with Gasteiger partial charge in [-0.25, -0.2) is 4.98 Å². The Morgan fingerprint density at radius 2 is 2.11 bits per heavy atom. The van der Waals surface area contributed by atoms with E-state index in [-0.39, 0.29) is 11.3 Å². The van der Waals surface area contributed by atoms with Crippen LogP contribution < -0.4 is 10.6 Å². The van der Waals surface area contributed by atoms with Crippen molar-refractivity contribution >= 4 is 34.2 Å². The van der Waals surface area contributed by atoms with Gasteiger partial charge in [-0.05, 0) is 67.3 Å². The molecule has 0 aromatic carbocycles. The van der Waals surface area contributed by atoms with Crippen LogP contribution >= 0.6 is 11.6 Å². The first-order valence-corrected chi connectivity index (χ1v) is 13.3. The average Bonchev–Trinajstić information content (AvgIpc) is 3.44. The Labute approximate surface area is 220 Å². The summed E-state index contributed by atoms with van der Waals surface area (Å²) in [6.45, 7) is 3.85. The minimum Gasteiger partial charge on any atom is -0.358 e. The molecule has 10 heteroatoms. The normalized spacial score (nSPS) is 21.5. The smallest absolute Gasteiger partial charge is 0.274 e. The monoisotopic (exact) mass is 518 g/mol. The molecule has 192 valence electrons. The average molecular weight is 519 g/mol. The van der Waals surface area contributed by atoms with Gasteiger partial charge < -0.3 is 20.2 Å². The number of amides is 1. The summed E-state index contributed by atoms with van der Waals surface area (Å²) in [6, 6.07) is 3.83. The molecule has 0 radical (unpaired) electrons. The Kier molecular flexibility index (Phi) is 6.20. The van der Waals surface area contributed by atoms with Gasteiger partial charge in [0.1, 0.15) is 23.4 Å². The second-order valence-corrected chi connectivity index (χ2v) is 11.1. The van der Waals surface area contributed by atoms with E-state index in [0.29, 0.717) is 34.4 Å². The van der Waals surface area contributed by atoms with E-state index in [1.807, 2.05) is 29.9 Å². The van der Waals surface area contributed by atoms with Crippen LogP contribution in [0.1, 0.15) is 66.5 Å². The van der Waals surface area contributed by atoms with E-state index in [2.05, 4.69) is 42.7 Å². The zero-order chi connectivity index (χ0) is 25.6. The number of hydrogen-bond acceptors (Lipinski definition) is 6. The third-order valence-electron chi connectivity index (χ3n) is 7.96. The van der Waals surface area contributed by atoms with Crippen LogP contribution in [0.15, 0.2) is 37.1 Å². The van der Waals surface area contributed by atoms with E-state index in [4.69, 9.17) is 11.6 Å². The van der Waals surface area contributed by atoms with Crippen LogP contribution in [0, 0.1) is 11.8 Å². The van der Waals surface area contributed by atoms with Crippen molar-refractivity contribution in [2.75, 3.05) is 11.9 Å². The molecule has 3 N–H and O–H groups in total. The molecular weight excluding hydrogens is 488 g/mol. The number of halogens is 1. The molecule has 2 fully saturated rings. The predicted octanol–water partition coefficient (Wildman–Crippen LogP) is 4.60. The molecule has 0 unspecified atom stereocenters. The molecule has 0 aliphatic heterocycles. The van der Waals surface area contributed by atoms with Crippen molar-refractivity contribution in [2.24, 2.45) is 18.9 Å². The number of aryl methyl sites for hydroxylation is 1. The summed E-state index contributed by atoms with van der Waals surface area (Å²) in [5.41, 5.74) is 4.14. The molecule has 4 aromatic heterocycles. The Morgan fingerprint density at radius 1 is 1.27 bits per heavy atom. The fourth-order valence-corrected chi connectivity index (χ4v) is 6.05. The van der Waals surface area contributed by atoms with Gasteiger partial charge in [0.25, 0.3) is 5.91 Å². The standard InChI is InChI=1S/C27H31ClN8O/c1-16-8-27(9-16,26-35-32-15-36(26)2)19-7-20(13-30-12-19)33-25(37)22-6-18(11-29-10-17-4-3-5-17)23-24(34-22)21(28)14-31-23/h6-7,12-17,29,31H,3-5,8-11H2,1-2H3,(H,33,37). The minimum atomic E-state index is -0.298. The zero-order valence-corrected chi connectivity index (χ0v) is 21.8. The Balaban J connectivity index is 1.25. The summed E-state index contributed by atoms with van der Waals surface area (Å²) in [5.74, 6) is 1.95. The van der Waals surface area contributed by atoms with Gasteiger partial charge in [0, 0.05) is 26.0 Å². The van der Waals surface area contributed by atoms with Gasteiger partial charge in [-0.3, -0.25) is 9.78 Å². The first-order valence-electron chi connectivity index (χ1n) is 12.9. The number of fused-ring (bicyclic) bond motifs is 1. The highest BCUT2D eigenvalue weighted by Crippen LogP contribution is 2.51. The van der Waals surface area contributed by atoms with E-state index in [0.717, 1.165) is 47.8 Å². The van der Waals surface area contributed by atoms with Gasteiger partial charge in [0.05, 0.1) is 27.8 Å². The molecule has 2 saturated carbocycles. The number of aromatic amines is 1. The number of nitrogens with zero attached hydrogens (tertiary/aromatic N) is 5. The van der Waals surface area contributed by atoms with Crippen LogP contribution in [0.5, 0.6) is 0 Å². The molecule has 0 spiro atoms. The Hall–Kier alpha value is -3.30. The van der Waals surface area contributed by atoms with Crippen LogP contribution in [0.2, 0.25) is 5.02 Å². The van der Waals surface area contributed by atoms with E-state index >= 15 is 0 Å². The number of aromatic nitrogens is 6. The fraction of sp³-hybridized carbons (Fsp3) is 0.444. The van der Waals surface area contributed by atoms with E-state index in [1.54, 1.807) is 18.7 Å². The van der Waals surface area contributed by atoms with Gasteiger partial charge in [-0.2, -0.15) is 0 Å². The first-order chi connectivity index (χ1) is 17.9. The lowest BCUT2D eigenvalue weighted by Crippen LogP contribution is -2.43. The van der Waals surface area contributed by atoms with E-state index < -0.39 is 0 Å². The van der Waals surface area contributed by atoms with Crippen LogP contribution in [0.25, 0.3) is 11.0 Å². The maximum Gasteiger partial charge on any atom is 0.274 e. The van der Waals surface area contributed by atoms with Gasteiger partial charge in [0.15, 0.2) is 0 Å². The van der Waals surface area contributed by atoms with E-state index in [9.17, 15) is 4.79 Å². The highest BCUT2D eigenvalue weighted by molar-refractivity contribution is 6.35. The summed E-state index contributed by atoms with van der Waals surface area (Å²) >= 11 is 6.40. The van der Waals surface area contributed by atoms with Gasteiger partial charge in [-0.1, -0.05) is 24.9 Å². The van der Waals surface area contributed by atoms with Crippen molar-refractivity contribution in [3.8, 4) is 0 Å². The number of hydrogen-bond donors (Lipinski definition) is 3. The van der Waals surface area contributed by atoms with E-state index in [1.165, 1.54) is 19.3 Å². The maximum absolute atomic E-state index is 13.4. The quantitative estimate of drug-likeness (QED) is 0.314. The number of anilines is 1. The lowest BCUT2D eigenvalue weighted by atomic mass is 9.59. The third-order valence-corrected chi connectivity index (χ3v) is 8.25. The summed E-state index contributed by atoms with van der Waals surface area (Å²) in [6.07, 6.45) is 12.8. The molecule has 2 aliphatic rings. The lowest BCUT2D eigenvalue weighted by Gasteiger charge is -2.45. The van der Waals surface area contributed by atoms with Gasteiger partial charge in [0.2, 0.25) is 0 Å². The molecule has 6 rings (SSSR count). The fourth-order valence-electron chi connectivity index (χ4n) is 5.86. The Morgan fingerprint density at radius 3 is 2.81 bits per heavy atom. The topological polar surface area (TPSA) is 113 Å². The van der Waals surface area contributed by atoms with Crippen molar-refractivity contribution in [1.82, 2.24) is 35.0 Å². The lowest BCUT2D eigenvalue weighted by molar-refractivity contribution is 0.102. The SMILES string of the molecule is CC1CC(c2cncc(NC(=O)c3cc(CNCC4CCC4)c4[nH]cc(Cl)c4n3)c2)(c2nncn2C)C1. The zero-order valence-electron chi connectivity index (χ0n) is 21.1. The van der Waals surface area contributed by atoms with Crippen LogP contribution in [0.4, 0.5) is 5.69 Å². The summed E-state index contributed by atoms with van der Waals surface area (Å²) < 4.78 is 1.97. The number of rotatable bonds is 8. The van der Waals surface area contributed by atoms with Crippen LogP contribution in [0.3, 0.4) is 0 Å². The summed E-state index contributed by atoms with van der Waals surface area (Å²) in [4.78, 5) is 25.6. The molecule has 9 nitrogen and oxygen atoms in total. The molecule has 0 bridgehead atoms. The third kappa shape index (κ3) is 4.40. The molecular formula is C27H31ClN8O. The first kappa shape index (κ1) is 24.1. The molecule has 0 atom stereocenters. The second kappa shape index (κ2) is 9.54. The number of nitrogens with one attached hydrogen (secondary N) is 3. The molecule has 2 aliphatic carbocycles. The predicted molar refractivity (Wildman–Crippen MR) is 143 cm³/mol. The van der Waals surface area contributed by atoms with Crippen molar-refractivity contribution in [3.05, 3.63) is 64.7 Å². The van der Waals surface area contributed by atoms with Crippen molar-refractivity contribution in [2.45, 2.75) is 51.0 Å². The second-order valence-electron chi connectivity index (χ2n) is 10.7. The molecule has 1 amide bonds. The molecule has 4 heterocycles.